The van der Waals surface area contributed by atoms with Crippen molar-refractivity contribution < 1.29 is 13.9 Å². The van der Waals surface area contributed by atoms with Crippen LogP contribution in [0, 0.1) is 12.7 Å². The molecule has 0 saturated carbocycles. The largest absolute Gasteiger partial charge is 0.379 e. The van der Waals surface area contributed by atoms with Crippen LogP contribution in [0.5, 0.6) is 0 Å². The van der Waals surface area contributed by atoms with Gasteiger partial charge in [0.15, 0.2) is 5.13 Å². The van der Waals surface area contributed by atoms with Crippen LogP contribution in [0.4, 0.5) is 9.52 Å². The van der Waals surface area contributed by atoms with Crippen LogP contribution < -0.4 is 4.90 Å². The fourth-order valence-electron chi connectivity index (χ4n) is 3.53. The fourth-order valence-corrected chi connectivity index (χ4v) is 4.53. The third-order valence-electron chi connectivity index (χ3n) is 5.02. The molecule has 0 bridgehead atoms. The van der Waals surface area contributed by atoms with Crippen LogP contribution in [0.1, 0.15) is 22.6 Å². The highest BCUT2D eigenvalue weighted by molar-refractivity contribution is 7.22. The van der Waals surface area contributed by atoms with Gasteiger partial charge in [-0.2, -0.15) is 5.10 Å². The first-order valence-electron chi connectivity index (χ1n) is 9.70. The molecule has 10 heteroatoms. The zero-order chi connectivity index (χ0) is 20.4. The van der Waals surface area contributed by atoms with Crippen molar-refractivity contribution in [3.05, 3.63) is 41.5 Å². The zero-order valence-electron chi connectivity index (χ0n) is 17.0. The van der Waals surface area contributed by atoms with Gasteiger partial charge in [0, 0.05) is 33.2 Å². The molecule has 0 radical (unpaired) electrons. The minimum Gasteiger partial charge on any atom is -0.379 e. The van der Waals surface area contributed by atoms with Crippen LogP contribution in [0.25, 0.3) is 10.2 Å². The SMILES string of the molecule is Cc1cc(C(=O)N(CCCN2CCOCC2)c2nc3c(F)cccc3s2)n(C)n1.Cl. The molecule has 30 heavy (non-hydrogen) atoms. The third-order valence-corrected chi connectivity index (χ3v) is 6.06. The number of thiazole rings is 1. The maximum absolute atomic E-state index is 14.2. The number of anilines is 1. The van der Waals surface area contributed by atoms with E-state index in [0.717, 1.165) is 49.7 Å². The number of ether oxygens (including phenoxy) is 1. The molecule has 2 aromatic heterocycles. The summed E-state index contributed by atoms with van der Waals surface area (Å²) >= 11 is 1.33. The monoisotopic (exact) mass is 453 g/mol. The number of rotatable bonds is 6. The lowest BCUT2D eigenvalue weighted by Crippen LogP contribution is -2.39. The Morgan fingerprint density at radius 1 is 1.33 bits per heavy atom. The summed E-state index contributed by atoms with van der Waals surface area (Å²) in [7, 11) is 1.75. The molecule has 7 nitrogen and oxygen atoms in total. The average Bonchev–Trinajstić information content (AvgIpc) is 3.29. The number of carbonyl (C=O) groups is 1. The summed E-state index contributed by atoms with van der Waals surface area (Å²) in [4.78, 5) is 21.8. The van der Waals surface area contributed by atoms with E-state index in [1.165, 1.54) is 17.4 Å². The molecule has 1 saturated heterocycles. The first kappa shape index (κ1) is 22.6. The van der Waals surface area contributed by atoms with E-state index in [9.17, 15) is 9.18 Å². The van der Waals surface area contributed by atoms with Crippen molar-refractivity contribution in [2.45, 2.75) is 13.3 Å². The van der Waals surface area contributed by atoms with Crippen molar-refractivity contribution in [3.8, 4) is 0 Å². The number of nitrogens with zero attached hydrogens (tertiary/aromatic N) is 5. The highest BCUT2D eigenvalue weighted by Gasteiger charge is 2.25. The number of carbonyl (C=O) groups excluding carboxylic acids is 1. The summed E-state index contributed by atoms with van der Waals surface area (Å²) in [6.07, 6.45) is 0.793. The molecule has 0 atom stereocenters. The minimum absolute atomic E-state index is 0. The number of para-hydroxylation sites is 1. The van der Waals surface area contributed by atoms with Crippen molar-refractivity contribution in [1.29, 1.82) is 0 Å². The Hall–Kier alpha value is -2.07. The van der Waals surface area contributed by atoms with Crippen LogP contribution in [0.15, 0.2) is 24.3 Å². The van der Waals surface area contributed by atoms with E-state index in [-0.39, 0.29) is 24.1 Å². The molecule has 0 unspecified atom stereocenters. The average molecular weight is 454 g/mol. The summed E-state index contributed by atoms with van der Waals surface area (Å²) in [5.74, 6) is -0.545. The van der Waals surface area contributed by atoms with Gasteiger partial charge in [-0.15, -0.1) is 12.4 Å². The quantitative estimate of drug-likeness (QED) is 0.573. The predicted molar refractivity (Wildman–Crippen MR) is 118 cm³/mol. The van der Waals surface area contributed by atoms with Crippen LogP contribution >= 0.6 is 23.7 Å². The van der Waals surface area contributed by atoms with Crippen LogP contribution in [-0.2, 0) is 11.8 Å². The predicted octanol–water partition coefficient (Wildman–Crippen LogP) is 3.27. The Kier molecular flexibility index (Phi) is 7.41. The van der Waals surface area contributed by atoms with E-state index < -0.39 is 0 Å². The first-order valence-corrected chi connectivity index (χ1v) is 10.5. The standard InChI is InChI=1S/C20H24FN5O2S.ClH/c1-14-13-16(24(2)23-14)19(27)26(8-4-7-25-9-11-28-12-10-25)20-22-18-15(21)5-3-6-17(18)29-20;/h3,5-6,13H,4,7-12H2,1-2H3;1H. The molecule has 3 heterocycles. The smallest absolute Gasteiger partial charge is 0.278 e. The number of benzene rings is 1. The number of hydrogen-bond donors (Lipinski definition) is 0. The van der Waals surface area contributed by atoms with Crippen LogP contribution in [-0.4, -0.2) is 65.0 Å². The van der Waals surface area contributed by atoms with Gasteiger partial charge in [0.1, 0.15) is 17.0 Å². The maximum Gasteiger partial charge on any atom is 0.278 e. The Morgan fingerprint density at radius 2 is 2.10 bits per heavy atom. The second-order valence-corrected chi connectivity index (χ2v) is 8.15. The summed E-state index contributed by atoms with van der Waals surface area (Å²) in [6.45, 7) is 6.52. The molecular weight excluding hydrogens is 429 g/mol. The topological polar surface area (TPSA) is 63.5 Å². The van der Waals surface area contributed by atoms with Crippen LogP contribution in [0.2, 0.25) is 0 Å². The van der Waals surface area contributed by atoms with Gasteiger partial charge >= 0.3 is 0 Å². The Labute approximate surface area is 184 Å². The van der Waals surface area contributed by atoms with E-state index in [4.69, 9.17) is 4.74 Å². The van der Waals surface area contributed by atoms with Gasteiger partial charge in [-0.05, 0) is 31.5 Å². The number of morpholine rings is 1. The molecule has 1 aliphatic rings. The molecule has 1 fully saturated rings. The van der Waals surface area contributed by atoms with Crippen molar-refractivity contribution >= 4 is 45.0 Å². The number of halogens is 2. The molecular formula is C20H25ClFN5O2S. The van der Waals surface area contributed by atoms with Gasteiger partial charge in [0.25, 0.3) is 5.91 Å². The van der Waals surface area contributed by atoms with Crippen molar-refractivity contribution in [1.82, 2.24) is 19.7 Å². The molecule has 162 valence electrons. The molecule has 0 spiro atoms. The number of aromatic nitrogens is 3. The lowest BCUT2D eigenvalue weighted by Gasteiger charge is -2.27. The van der Waals surface area contributed by atoms with Gasteiger partial charge in [0.2, 0.25) is 0 Å². The molecule has 1 amide bonds. The normalized spacial score (nSPS) is 14.6. The Bertz CT molecular complexity index is 1020. The van der Waals surface area contributed by atoms with Crippen molar-refractivity contribution in [2.24, 2.45) is 7.05 Å². The van der Waals surface area contributed by atoms with Gasteiger partial charge < -0.3 is 4.74 Å². The Morgan fingerprint density at radius 3 is 2.77 bits per heavy atom. The second kappa shape index (κ2) is 9.82. The molecule has 4 rings (SSSR count). The second-order valence-electron chi connectivity index (χ2n) is 7.14. The van der Waals surface area contributed by atoms with E-state index in [2.05, 4.69) is 15.0 Å². The highest BCUT2D eigenvalue weighted by Crippen LogP contribution is 2.31. The molecule has 3 aromatic rings. The van der Waals surface area contributed by atoms with E-state index >= 15 is 0 Å². The van der Waals surface area contributed by atoms with Crippen LogP contribution in [0.3, 0.4) is 0 Å². The summed E-state index contributed by atoms with van der Waals surface area (Å²) in [5, 5.41) is 4.80. The number of amides is 1. The fraction of sp³-hybridized carbons (Fsp3) is 0.450. The Balaban J connectivity index is 0.00000256. The lowest BCUT2D eigenvalue weighted by molar-refractivity contribution is 0.0376. The molecule has 1 aromatic carbocycles. The van der Waals surface area contributed by atoms with Crippen molar-refractivity contribution in [3.63, 3.8) is 0 Å². The molecule has 0 aliphatic carbocycles. The third kappa shape index (κ3) is 4.80. The van der Waals surface area contributed by atoms with Crippen molar-refractivity contribution in [2.75, 3.05) is 44.3 Å². The van der Waals surface area contributed by atoms with Gasteiger partial charge in [-0.25, -0.2) is 9.37 Å². The van der Waals surface area contributed by atoms with Gasteiger partial charge in [-0.3, -0.25) is 19.3 Å². The van der Waals surface area contributed by atoms with E-state index in [0.29, 0.717) is 22.9 Å². The van der Waals surface area contributed by atoms with Gasteiger partial charge in [0.05, 0.1) is 23.6 Å². The summed E-state index contributed by atoms with van der Waals surface area (Å²) in [6, 6.07) is 6.64. The van der Waals surface area contributed by atoms with E-state index in [1.807, 2.05) is 13.0 Å². The first-order chi connectivity index (χ1) is 14.0. The van der Waals surface area contributed by atoms with E-state index in [1.54, 1.807) is 28.8 Å². The maximum atomic E-state index is 14.2. The summed E-state index contributed by atoms with van der Waals surface area (Å²) in [5.41, 5.74) is 1.58. The lowest BCUT2D eigenvalue weighted by atomic mass is 10.3. The summed E-state index contributed by atoms with van der Waals surface area (Å²) < 4.78 is 21.9. The highest BCUT2D eigenvalue weighted by atomic mass is 35.5. The van der Waals surface area contributed by atoms with Gasteiger partial charge in [-0.1, -0.05) is 17.4 Å². The number of hydrogen-bond acceptors (Lipinski definition) is 6. The zero-order valence-corrected chi connectivity index (χ0v) is 18.6. The number of aryl methyl sites for hydroxylation is 2. The molecule has 0 N–H and O–H groups in total. The molecule has 1 aliphatic heterocycles. The minimum atomic E-state index is -0.373. The number of fused-ring (bicyclic) bond motifs is 1.